The van der Waals surface area contributed by atoms with Crippen LogP contribution in [0.5, 0.6) is 0 Å². The molecule has 0 aliphatic carbocycles. The van der Waals surface area contributed by atoms with Crippen molar-refractivity contribution in [3.8, 4) is 0 Å². The predicted octanol–water partition coefficient (Wildman–Crippen LogP) is 0.584. The summed E-state index contributed by atoms with van der Waals surface area (Å²) in [4.78, 5) is 0. The highest BCUT2D eigenvalue weighted by Gasteiger charge is 2.04. The van der Waals surface area contributed by atoms with Gasteiger partial charge >= 0.3 is 0 Å². The van der Waals surface area contributed by atoms with Crippen LogP contribution in [0.3, 0.4) is 0 Å². The maximum Gasteiger partial charge on any atom is 0.142 e. The topological polar surface area (TPSA) is 64.4 Å². The van der Waals surface area contributed by atoms with E-state index in [0.29, 0.717) is 0 Å². The lowest BCUT2D eigenvalue weighted by atomic mass is 10.2. The molecule has 0 aliphatic heterocycles. The number of aryl methyl sites for hydroxylation is 2. The van der Waals surface area contributed by atoms with Gasteiger partial charge in [0.05, 0.1) is 17.5 Å². The molecule has 0 unspecified atom stereocenters. The second kappa shape index (κ2) is 2.51. The monoisotopic (exact) mass is 139 g/mol. The summed E-state index contributed by atoms with van der Waals surface area (Å²) in [6.45, 7) is 3.66. The highest BCUT2D eigenvalue weighted by atomic mass is 16.5. The molecule has 0 radical (unpaired) electrons. The molecule has 0 fully saturated rings. The van der Waals surface area contributed by atoms with Crippen molar-refractivity contribution in [1.29, 1.82) is 0 Å². The Morgan fingerprint density at radius 3 is 2.70 bits per heavy atom. The second-order valence-corrected chi connectivity index (χ2v) is 2.02. The summed E-state index contributed by atoms with van der Waals surface area (Å²) in [5, 5.41) is 7.09. The van der Waals surface area contributed by atoms with Crippen molar-refractivity contribution >= 4 is 6.21 Å². The first-order valence-corrected chi connectivity index (χ1v) is 2.92. The van der Waals surface area contributed by atoms with E-state index >= 15 is 0 Å². The van der Waals surface area contributed by atoms with Crippen LogP contribution in [-0.2, 0) is 0 Å². The molecule has 0 aromatic carbocycles. The Hall–Kier alpha value is -1.32. The first-order valence-electron chi connectivity index (χ1n) is 2.92. The molecule has 0 bridgehead atoms. The minimum absolute atomic E-state index is 0.742. The fraction of sp³-hybridized carbons (Fsp3) is 0.333. The maximum atomic E-state index is 4.96. The number of nitrogens with two attached hydrogens (primary N) is 1. The Balaban J connectivity index is 3.10. The molecule has 0 spiro atoms. The van der Waals surface area contributed by atoms with E-state index in [-0.39, 0.29) is 0 Å². The van der Waals surface area contributed by atoms with Crippen molar-refractivity contribution in [2.45, 2.75) is 13.8 Å². The standard InChI is InChI=1S/C6H9N3O/c1-4-6(3-8-7)5(2)10-9-4/h3H,7H2,1-2H3/b8-3+. The summed E-state index contributed by atoms with van der Waals surface area (Å²) in [6, 6.07) is 0. The van der Waals surface area contributed by atoms with Gasteiger partial charge in [0.15, 0.2) is 0 Å². The van der Waals surface area contributed by atoms with Crippen LogP contribution in [0.4, 0.5) is 0 Å². The lowest BCUT2D eigenvalue weighted by Gasteiger charge is -1.84. The summed E-state index contributed by atoms with van der Waals surface area (Å²) in [5.74, 6) is 5.70. The van der Waals surface area contributed by atoms with E-state index in [4.69, 9.17) is 10.4 Å². The molecule has 1 aromatic heterocycles. The van der Waals surface area contributed by atoms with Gasteiger partial charge in [-0.05, 0) is 13.8 Å². The zero-order chi connectivity index (χ0) is 7.56. The van der Waals surface area contributed by atoms with Gasteiger partial charge in [0, 0.05) is 0 Å². The molecule has 1 heterocycles. The zero-order valence-electron chi connectivity index (χ0n) is 5.96. The maximum absolute atomic E-state index is 4.96. The highest BCUT2D eigenvalue weighted by Crippen LogP contribution is 2.08. The molecule has 10 heavy (non-hydrogen) atoms. The lowest BCUT2D eigenvalue weighted by molar-refractivity contribution is 0.393. The fourth-order valence-electron chi connectivity index (χ4n) is 0.749. The van der Waals surface area contributed by atoms with Crippen molar-refractivity contribution in [2.75, 3.05) is 0 Å². The summed E-state index contributed by atoms with van der Waals surface area (Å²) in [7, 11) is 0. The summed E-state index contributed by atoms with van der Waals surface area (Å²) in [6.07, 6.45) is 1.53. The molecule has 0 saturated carbocycles. The van der Waals surface area contributed by atoms with Crippen molar-refractivity contribution in [3.63, 3.8) is 0 Å². The minimum Gasteiger partial charge on any atom is -0.361 e. The molecule has 2 N–H and O–H groups in total. The first kappa shape index (κ1) is 6.80. The van der Waals surface area contributed by atoms with Crippen LogP contribution in [-0.4, -0.2) is 11.4 Å². The van der Waals surface area contributed by atoms with E-state index < -0.39 is 0 Å². The Labute approximate surface area is 58.7 Å². The number of aromatic nitrogens is 1. The molecule has 0 amide bonds. The average molecular weight is 139 g/mol. The predicted molar refractivity (Wildman–Crippen MR) is 37.8 cm³/mol. The third-order valence-electron chi connectivity index (χ3n) is 1.29. The van der Waals surface area contributed by atoms with Crippen molar-refractivity contribution in [2.24, 2.45) is 10.9 Å². The fourth-order valence-corrected chi connectivity index (χ4v) is 0.749. The summed E-state index contributed by atoms with van der Waals surface area (Å²) >= 11 is 0. The molecule has 54 valence electrons. The summed E-state index contributed by atoms with van der Waals surface area (Å²) in [5.41, 5.74) is 1.68. The Bertz CT molecular complexity index is 232. The third kappa shape index (κ3) is 1.00. The van der Waals surface area contributed by atoms with Gasteiger partial charge in [-0.25, -0.2) is 0 Å². The van der Waals surface area contributed by atoms with E-state index in [9.17, 15) is 0 Å². The number of hydrogen-bond donors (Lipinski definition) is 1. The molecule has 0 saturated heterocycles. The third-order valence-corrected chi connectivity index (χ3v) is 1.29. The van der Waals surface area contributed by atoms with Gasteiger partial charge in [0.2, 0.25) is 0 Å². The molecule has 1 rings (SSSR count). The van der Waals surface area contributed by atoms with Crippen LogP contribution in [0, 0.1) is 13.8 Å². The minimum atomic E-state index is 0.742. The number of hydrogen-bond acceptors (Lipinski definition) is 4. The molecule has 1 aromatic rings. The van der Waals surface area contributed by atoms with Gasteiger partial charge in [-0.2, -0.15) is 5.10 Å². The van der Waals surface area contributed by atoms with Gasteiger partial charge < -0.3 is 10.4 Å². The van der Waals surface area contributed by atoms with Gasteiger partial charge in [-0.15, -0.1) is 0 Å². The van der Waals surface area contributed by atoms with E-state index in [0.717, 1.165) is 17.0 Å². The van der Waals surface area contributed by atoms with E-state index in [1.165, 1.54) is 6.21 Å². The average Bonchev–Trinajstić information content (AvgIpc) is 2.20. The molecule has 4 nitrogen and oxygen atoms in total. The van der Waals surface area contributed by atoms with Gasteiger partial charge in [-0.1, -0.05) is 5.16 Å². The van der Waals surface area contributed by atoms with Crippen LogP contribution >= 0.6 is 0 Å². The Morgan fingerprint density at radius 2 is 2.30 bits per heavy atom. The molecular formula is C6H9N3O. The van der Waals surface area contributed by atoms with Gasteiger partial charge in [0.1, 0.15) is 5.76 Å². The Kier molecular flexibility index (Phi) is 1.71. The van der Waals surface area contributed by atoms with E-state index in [1.807, 2.05) is 13.8 Å². The SMILES string of the molecule is Cc1noc(C)c1/C=N/N. The first-order chi connectivity index (χ1) is 4.75. The smallest absolute Gasteiger partial charge is 0.142 e. The van der Waals surface area contributed by atoms with Crippen molar-refractivity contribution in [1.82, 2.24) is 5.16 Å². The van der Waals surface area contributed by atoms with Crippen molar-refractivity contribution in [3.05, 3.63) is 17.0 Å². The quantitative estimate of drug-likeness (QED) is 0.351. The van der Waals surface area contributed by atoms with Crippen LogP contribution in [0.15, 0.2) is 9.62 Å². The number of hydrazone groups is 1. The zero-order valence-corrected chi connectivity index (χ0v) is 5.96. The highest BCUT2D eigenvalue weighted by molar-refractivity contribution is 5.81. The van der Waals surface area contributed by atoms with Crippen LogP contribution in [0.25, 0.3) is 0 Å². The molecule has 0 aliphatic rings. The van der Waals surface area contributed by atoms with Crippen LogP contribution in [0.1, 0.15) is 17.0 Å². The van der Waals surface area contributed by atoms with Crippen LogP contribution in [0.2, 0.25) is 0 Å². The van der Waals surface area contributed by atoms with E-state index in [2.05, 4.69) is 10.3 Å². The van der Waals surface area contributed by atoms with Gasteiger partial charge in [0.25, 0.3) is 0 Å². The van der Waals surface area contributed by atoms with Gasteiger partial charge in [-0.3, -0.25) is 0 Å². The molecule has 4 heteroatoms. The second-order valence-electron chi connectivity index (χ2n) is 2.02. The van der Waals surface area contributed by atoms with Crippen molar-refractivity contribution < 1.29 is 4.52 Å². The summed E-state index contributed by atoms with van der Waals surface area (Å²) < 4.78 is 4.85. The lowest BCUT2D eigenvalue weighted by Crippen LogP contribution is -1.88. The number of nitrogens with zero attached hydrogens (tertiary/aromatic N) is 2. The Morgan fingerprint density at radius 1 is 1.60 bits per heavy atom. The van der Waals surface area contributed by atoms with Crippen LogP contribution < -0.4 is 5.84 Å². The van der Waals surface area contributed by atoms with E-state index in [1.54, 1.807) is 0 Å². The molecular weight excluding hydrogens is 130 g/mol. The largest absolute Gasteiger partial charge is 0.361 e. The normalized spacial score (nSPS) is 11.0. The number of rotatable bonds is 1. The molecule has 0 atom stereocenters.